The Kier molecular flexibility index (Phi) is 29.7. The standard InChI is InChI=1S/C24H22FN3O2.C21H23BrN4O3.C12H12BrIN2O2.C9H13BN2O3.C8H6BrN.C7H8BFO3/c1-29-21-4-2-3-20(25)23(21)16-5-6-18-15-27-24(19(18)13-16)17-7-8-26-22(14-17)28-9-11-30-12-10-28;1-21(2,3)29-20(27)26-17-5-4-15(22)13-16(17)19(24-26)14-6-7-23-18(12-14)25-8-10-28-11-9-25;1-12(2,3)18-11(17)16-9-5-4-7(13)6-8(9)10(14)15-16;13-10(14)8-1-2-11-9(7-8)12-3-5-15-6-4-12;9-8-2-1-6-4-10-5-7(6)3-8;1-12-6-4-2-3-5(9)7(6)8(10)11/h2-8,13-14H,9-12,15H2,1H3;4-7,12-13H,8-11H2,1-3H3;4-6H,1-3H3;1-2,7,13-14H,3-6H2;1-3,5H,4H2;2-4,10-11H,1H3. The maximum atomic E-state index is 14.6. The zero-order valence-electron chi connectivity index (χ0n) is 63.8. The highest BCUT2D eigenvalue weighted by molar-refractivity contribution is 14.1. The lowest BCUT2D eigenvalue weighted by atomic mass is 9.79. The number of rotatable bonds is 10. The summed E-state index contributed by atoms with van der Waals surface area (Å²) in [6.45, 7) is 21.5. The van der Waals surface area contributed by atoms with Crippen LogP contribution in [-0.4, -0.2) is 197 Å². The number of halogens is 6. The van der Waals surface area contributed by atoms with Crippen molar-refractivity contribution in [3.8, 4) is 33.9 Å². The van der Waals surface area contributed by atoms with Crippen molar-refractivity contribution in [1.29, 1.82) is 0 Å². The first-order chi connectivity index (χ1) is 54.6. The molecule has 5 aromatic heterocycles. The molecule has 33 heteroatoms. The van der Waals surface area contributed by atoms with Crippen LogP contribution in [0.3, 0.4) is 0 Å². The van der Waals surface area contributed by atoms with Gasteiger partial charge in [-0.2, -0.15) is 19.6 Å². The van der Waals surface area contributed by atoms with Crippen LogP contribution < -0.4 is 35.1 Å². The quantitative estimate of drug-likeness (QED) is 0.0731. The number of carbonyl (C=O) groups is 2. The number of hydrogen-bond acceptors (Lipinski definition) is 23. The molecule has 0 aliphatic carbocycles. The van der Waals surface area contributed by atoms with E-state index in [1.165, 1.54) is 45.8 Å². The van der Waals surface area contributed by atoms with E-state index >= 15 is 0 Å². The number of fused-ring (bicyclic) bond motifs is 4. The Hall–Kier alpha value is -9.13. The molecule has 0 atom stereocenters. The van der Waals surface area contributed by atoms with Crippen molar-refractivity contribution in [3.05, 3.63) is 221 Å². The molecule has 25 nitrogen and oxygen atoms in total. The van der Waals surface area contributed by atoms with Gasteiger partial charge in [0.1, 0.15) is 61.2 Å². The van der Waals surface area contributed by atoms with Crippen LogP contribution in [0.25, 0.3) is 44.2 Å². The second-order valence-electron chi connectivity index (χ2n) is 28.1. The van der Waals surface area contributed by atoms with Crippen LogP contribution in [0.1, 0.15) is 69.4 Å². The topological polar surface area (TPSA) is 288 Å². The maximum Gasteiger partial charge on any atom is 0.495 e. The van der Waals surface area contributed by atoms with Gasteiger partial charge in [-0.1, -0.05) is 78.1 Å². The third-order valence-corrected chi connectivity index (χ3v) is 20.1. The third-order valence-electron chi connectivity index (χ3n) is 17.8. The summed E-state index contributed by atoms with van der Waals surface area (Å²) in [4.78, 5) is 53.4. The third kappa shape index (κ3) is 22.5. The molecular formula is C81H84B2Br3F2IN12O13. The monoisotopic (exact) mass is 1860 g/mol. The summed E-state index contributed by atoms with van der Waals surface area (Å²) in [6.07, 6.45) is 6.14. The average molecular weight is 1860 g/mol. The van der Waals surface area contributed by atoms with Gasteiger partial charge >= 0.3 is 26.4 Å². The lowest BCUT2D eigenvalue weighted by molar-refractivity contribution is 0.0511. The van der Waals surface area contributed by atoms with Crippen molar-refractivity contribution in [2.45, 2.75) is 65.8 Å². The Morgan fingerprint density at radius 3 is 1.56 bits per heavy atom. The van der Waals surface area contributed by atoms with Gasteiger partial charge in [0.2, 0.25) is 0 Å². The summed E-state index contributed by atoms with van der Waals surface area (Å²) < 4.78 is 71.0. The molecule has 114 heavy (non-hydrogen) atoms. The minimum Gasteiger partial charge on any atom is -0.497 e. The summed E-state index contributed by atoms with van der Waals surface area (Å²) in [5.41, 5.74) is 10.0. The fourth-order valence-electron chi connectivity index (χ4n) is 12.4. The van der Waals surface area contributed by atoms with Gasteiger partial charge in [0, 0.05) is 105 Å². The molecule has 11 aromatic rings. The molecule has 0 amide bonds. The van der Waals surface area contributed by atoms with E-state index in [1.54, 1.807) is 43.8 Å². The molecule has 0 unspecified atom stereocenters. The second-order valence-corrected chi connectivity index (χ2v) is 31.8. The van der Waals surface area contributed by atoms with Crippen LogP contribution in [0.2, 0.25) is 0 Å². The number of benzene rings is 6. The van der Waals surface area contributed by atoms with E-state index in [-0.39, 0.29) is 17.0 Å². The molecule has 6 aromatic carbocycles. The zero-order chi connectivity index (χ0) is 81.4. The maximum absolute atomic E-state index is 14.6. The Balaban J connectivity index is 0.000000141. The van der Waals surface area contributed by atoms with Crippen LogP contribution in [0.15, 0.2) is 188 Å². The molecule has 594 valence electrons. The largest absolute Gasteiger partial charge is 0.497 e. The normalized spacial score (nSPS) is 14.2. The summed E-state index contributed by atoms with van der Waals surface area (Å²) in [7, 11) is -0.391. The van der Waals surface area contributed by atoms with Crippen molar-refractivity contribution in [2.75, 3.05) is 108 Å². The van der Waals surface area contributed by atoms with E-state index in [9.17, 15) is 18.4 Å². The lowest BCUT2D eigenvalue weighted by Gasteiger charge is -2.28. The predicted molar refractivity (Wildman–Crippen MR) is 457 cm³/mol. The predicted octanol–water partition coefficient (Wildman–Crippen LogP) is 13.2. The number of methoxy groups -OCH3 is 2. The van der Waals surface area contributed by atoms with Crippen LogP contribution in [0.5, 0.6) is 11.5 Å². The van der Waals surface area contributed by atoms with E-state index in [0.29, 0.717) is 74.2 Å². The summed E-state index contributed by atoms with van der Waals surface area (Å²) in [6, 6.07) is 43.8. The summed E-state index contributed by atoms with van der Waals surface area (Å²) in [5, 5.41) is 46.2. The van der Waals surface area contributed by atoms with Gasteiger partial charge in [-0.25, -0.2) is 33.3 Å². The molecule has 5 aliphatic heterocycles. The van der Waals surface area contributed by atoms with E-state index in [2.05, 4.69) is 133 Å². The molecule has 0 saturated carbocycles. The second kappa shape index (κ2) is 39.5. The average Bonchev–Trinajstić information content (AvgIpc) is 1.60. The van der Waals surface area contributed by atoms with Gasteiger partial charge in [0.15, 0.2) is 0 Å². The molecule has 10 heterocycles. The first-order valence-corrected chi connectivity index (χ1v) is 39.8. The molecule has 0 spiro atoms. The van der Waals surface area contributed by atoms with E-state index < -0.39 is 43.4 Å². The fraction of sp³-hybridized carbons (Fsp3) is 0.296. The van der Waals surface area contributed by atoms with Crippen molar-refractivity contribution >= 4 is 159 Å². The first kappa shape index (κ1) is 85.7. The number of nitrogens with zero attached hydrogens (tertiary/aromatic N) is 12. The highest BCUT2D eigenvalue weighted by Crippen LogP contribution is 2.37. The Morgan fingerprint density at radius 1 is 0.518 bits per heavy atom. The van der Waals surface area contributed by atoms with Crippen LogP contribution in [0.4, 0.5) is 35.8 Å². The van der Waals surface area contributed by atoms with Gasteiger partial charge in [-0.05, 0) is 207 Å². The van der Waals surface area contributed by atoms with Crippen molar-refractivity contribution in [2.24, 2.45) is 9.98 Å². The smallest absolute Gasteiger partial charge is 0.495 e. The van der Waals surface area contributed by atoms with Crippen molar-refractivity contribution < 1.29 is 71.6 Å². The van der Waals surface area contributed by atoms with Gasteiger partial charge < -0.3 is 68.0 Å². The Labute approximate surface area is 698 Å². The van der Waals surface area contributed by atoms with E-state index in [1.807, 2.05) is 133 Å². The number of morpholine rings is 3. The molecule has 3 saturated heterocycles. The molecular weight excluding hydrogens is 1780 g/mol. The number of anilines is 3. The SMILES string of the molecule is Brc1ccc2c(c1)C=NC2.CC(C)(C)OC(=O)n1nc(-c2ccnc(N3CCOCC3)c2)c2cc(Br)ccc21.CC(C)(C)OC(=O)n1nc(I)c2cc(Br)ccc21.COc1cccc(F)c1-c1ccc2c(c1)C(c1ccnc(N3CCOCC3)c1)=NC2.COc1cccc(F)c1B(O)O.OB(O)c1ccnc(N2CCOCC2)c1. The minimum absolute atomic E-state index is 0.130. The Morgan fingerprint density at radius 2 is 1.01 bits per heavy atom. The molecule has 4 N–H and O–H groups in total. The molecule has 16 rings (SSSR count). The number of aliphatic imine (C=N–C) groups is 2. The van der Waals surface area contributed by atoms with Gasteiger partial charge in [0.25, 0.3) is 0 Å². The van der Waals surface area contributed by atoms with E-state index in [4.69, 9.17) is 58.2 Å². The zero-order valence-corrected chi connectivity index (χ0v) is 70.7. The van der Waals surface area contributed by atoms with Gasteiger partial charge in [0.05, 0.1) is 94.7 Å². The first-order valence-electron chi connectivity index (χ1n) is 36.3. The van der Waals surface area contributed by atoms with Gasteiger partial charge in [-0.15, -0.1) is 0 Å². The number of pyridine rings is 3. The molecule has 0 bridgehead atoms. The number of carbonyl (C=O) groups excluding carboxylic acids is 2. The number of hydrogen-bond donors (Lipinski definition) is 4. The number of aromatic nitrogens is 7. The van der Waals surface area contributed by atoms with Crippen LogP contribution in [-0.2, 0) is 36.8 Å². The summed E-state index contributed by atoms with van der Waals surface area (Å²) in [5.74, 6) is 2.23. The molecule has 3 fully saturated rings. The van der Waals surface area contributed by atoms with Crippen LogP contribution >= 0.6 is 70.4 Å². The lowest BCUT2D eigenvalue weighted by Crippen LogP contribution is -2.38. The molecule has 5 aliphatic rings. The fourth-order valence-corrected chi connectivity index (χ4v) is 14.2. The summed E-state index contributed by atoms with van der Waals surface area (Å²) >= 11 is 12.4. The van der Waals surface area contributed by atoms with Gasteiger partial charge in [-0.3, -0.25) is 9.98 Å². The minimum atomic E-state index is -1.85. The Bertz CT molecular complexity index is 5270. The highest BCUT2D eigenvalue weighted by Gasteiger charge is 2.28. The van der Waals surface area contributed by atoms with Crippen molar-refractivity contribution in [3.63, 3.8) is 0 Å². The van der Waals surface area contributed by atoms with E-state index in [0.717, 1.165) is 136 Å². The van der Waals surface area contributed by atoms with Crippen LogP contribution in [0, 0.1) is 15.3 Å². The number of ether oxygens (including phenoxy) is 7. The van der Waals surface area contributed by atoms with Crippen molar-refractivity contribution in [1.82, 2.24) is 34.5 Å². The molecule has 0 radical (unpaired) electrons. The highest BCUT2D eigenvalue weighted by atomic mass is 127.